The van der Waals surface area contributed by atoms with Gasteiger partial charge in [-0.3, -0.25) is 14.6 Å². The second-order valence-corrected chi connectivity index (χ2v) is 6.49. The smallest absolute Gasteiger partial charge is 0.251 e. The van der Waals surface area contributed by atoms with Gasteiger partial charge < -0.3 is 20.5 Å². The molecular weight excluding hydrogens is 346 g/mol. The molecule has 0 bridgehead atoms. The lowest BCUT2D eigenvalue weighted by Gasteiger charge is -2.36. The fourth-order valence-electron chi connectivity index (χ4n) is 3.14. The first-order chi connectivity index (χ1) is 13.2. The Bertz CT molecular complexity index is 754. The summed E-state index contributed by atoms with van der Waals surface area (Å²) in [6, 6.07) is 12.2. The van der Waals surface area contributed by atoms with Crippen LogP contribution in [0.2, 0.25) is 0 Å². The third-order valence-electron chi connectivity index (χ3n) is 4.53. The first kappa shape index (κ1) is 19.0. The van der Waals surface area contributed by atoms with Crippen LogP contribution in [0.4, 0.5) is 5.69 Å². The highest BCUT2D eigenvalue weighted by Crippen LogP contribution is 2.23. The van der Waals surface area contributed by atoms with Crippen LogP contribution in [0.1, 0.15) is 29.6 Å². The second-order valence-electron chi connectivity index (χ2n) is 6.49. The van der Waals surface area contributed by atoms with Crippen LogP contribution in [0.3, 0.4) is 0 Å². The zero-order valence-electron chi connectivity index (χ0n) is 14.9. The van der Waals surface area contributed by atoms with Crippen molar-refractivity contribution in [3.63, 3.8) is 0 Å². The van der Waals surface area contributed by atoms with Gasteiger partial charge in [-0.15, -0.1) is 0 Å². The van der Waals surface area contributed by atoms with Crippen LogP contribution in [-0.2, 0) is 9.53 Å². The van der Waals surface area contributed by atoms with Gasteiger partial charge in [0.2, 0.25) is 5.91 Å². The number of nitrogens with one attached hydrogen (secondary N) is 2. The number of aliphatic hydroxyl groups excluding tert-OH is 1. The van der Waals surface area contributed by atoms with Crippen molar-refractivity contribution in [3.05, 3.63) is 60.4 Å². The van der Waals surface area contributed by atoms with Gasteiger partial charge in [0.15, 0.2) is 0 Å². The molecule has 3 atom stereocenters. The van der Waals surface area contributed by atoms with E-state index in [1.165, 1.54) is 0 Å². The quantitative estimate of drug-likeness (QED) is 0.720. The maximum Gasteiger partial charge on any atom is 0.251 e. The fourth-order valence-corrected chi connectivity index (χ4v) is 3.14. The number of rotatable bonds is 6. The molecule has 0 aliphatic carbocycles. The number of para-hydroxylation sites is 1. The SMILES string of the molecule is O=C(C[C@H]1CC[C@@H](NC(=O)c2ccncc2)[C@H](CO)O1)Nc1ccccc1. The van der Waals surface area contributed by atoms with E-state index in [0.717, 1.165) is 5.69 Å². The minimum Gasteiger partial charge on any atom is -0.394 e. The third kappa shape index (κ3) is 5.35. The molecule has 2 aromatic rings. The minimum atomic E-state index is -0.543. The van der Waals surface area contributed by atoms with Crippen molar-refractivity contribution in [3.8, 4) is 0 Å². The largest absolute Gasteiger partial charge is 0.394 e. The van der Waals surface area contributed by atoms with Gasteiger partial charge in [0.05, 0.1) is 25.2 Å². The molecule has 7 nitrogen and oxygen atoms in total. The van der Waals surface area contributed by atoms with E-state index in [0.29, 0.717) is 18.4 Å². The van der Waals surface area contributed by atoms with Gasteiger partial charge in [0.1, 0.15) is 6.10 Å². The average molecular weight is 369 g/mol. The van der Waals surface area contributed by atoms with E-state index in [-0.39, 0.29) is 37.0 Å². The summed E-state index contributed by atoms with van der Waals surface area (Å²) in [6.07, 6.45) is 3.73. The molecule has 1 fully saturated rings. The molecule has 0 unspecified atom stereocenters. The predicted molar refractivity (Wildman–Crippen MR) is 100 cm³/mol. The molecule has 2 heterocycles. The highest BCUT2D eigenvalue weighted by molar-refractivity contribution is 5.94. The zero-order valence-corrected chi connectivity index (χ0v) is 14.9. The van der Waals surface area contributed by atoms with Crippen molar-refractivity contribution in [2.75, 3.05) is 11.9 Å². The summed E-state index contributed by atoms with van der Waals surface area (Å²) >= 11 is 0. The maximum absolute atomic E-state index is 12.3. The van der Waals surface area contributed by atoms with E-state index in [1.807, 2.05) is 30.3 Å². The molecule has 0 spiro atoms. The predicted octanol–water partition coefficient (Wildman–Crippen LogP) is 1.75. The Kier molecular flexibility index (Phi) is 6.51. The van der Waals surface area contributed by atoms with Crippen LogP contribution in [0.25, 0.3) is 0 Å². The molecule has 1 aromatic heterocycles. The van der Waals surface area contributed by atoms with E-state index in [2.05, 4.69) is 15.6 Å². The van der Waals surface area contributed by atoms with Crippen molar-refractivity contribution in [2.24, 2.45) is 0 Å². The van der Waals surface area contributed by atoms with Gasteiger partial charge in [-0.25, -0.2) is 0 Å². The monoisotopic (exact) mass is 369 g/mol. The molecule has 7 heteroatoms. The van der Waals surface area contributed by atoms with Crippen molar-refractivity contribution in [1.29, 1.82) is 0 Å². The molecule has 1 aliphatic heterocycles. The lowest BCUT2D eigenvalue weighted by Crippen LogP contribution is -2.51. The topological polar surface area (TPSA) is 101 Å². The normalized spacial score (nSPS) is 22.0. The molecule has 27 heavy (non-hydrogen) atoms. The fraction of sp³-hybridized carbons (Fsp3) is 0.350. The Morgan fingerprint density at radius 1 is 1.11 bits per heavy atom. The Balaban J connectivity index is 1.51. The minimum absolute atomic E-state index is 0.137. The van der Waals surface area contributed by atoms with Crippen LogP contribution >= 0.6 is 0 Å². The summed E-state index contributed by atoms with van der Waals surface area (Å²) < 4.78 is 5.86. The van der Waals surface area contributed by atoms with Gasteiger partial charge in [-0.2, -0.15) is 0 Å². The molecule has 1 saturated heterocycles. The number of aliphatic hydroxyl groups is 1. The third-order valence-corrected chi connectivity index (χ3v) is 4.53. The number of hydrogen-bond donors (Lipinski definition) is 3. The van der Waals surface area contributed by atoms with Crippen molar-refractivity contribution < 1.29 is 19.4 Å². The Morgan fingerprint density at radius 3 is 2.56 bits per heavy atom. The summed E-state index contributed by atoms with van der Waals surface area (Å²) in [5.41, 5.74) is 1.24. The molecular formula is C20H23N3O4. The number of carbonyl (C=O) groups excluding carboxylic acids is 2. The Morgan fingerprint density at radius 2 is 1.85 bits per heavy atom. The van der Waals surface area contributed by atoms with Crippen molar-refractivity contribution in [2.45, 2.75) is 37.5 Å². The number of ether oxygens (including phenoxy) is 1. The maximum atomic E-state index is 12.3. The van der Waals surface area contributed by atoms with Gasteiger partial charge in [0, 0.05) is 23.6 Å². The molecule has 1 aromatic carbocycles. The van der Waals surface area contributed by atoms with Crippen molar-refractivity contribution in [1.82, 2.24) is 10.3 Å². The van der Waals surface area contributed by atoms with E-state index in [4.69, 9.17) is 4.74 Å². The number of anilines is 1. The van der Waals surface area contributed by atoms with E-state index in [9.17, 15) is 14.7 Å². The van der Waals surface area contributed by atoms with E-state index < -0.39 is 6.10 Å². The number of benzene rings is 1. The number of pyridine rings is 1. The lowest BCUT2D eigenvalue weighted by atomic mass is 9.96. The highest BCUT2D eigenvalue weighted by Gasteiger charge is 2.33. The molecule has 0 radical (unpaired) electrons. The number of amides is 2. The van der Waals surface area contributed by atoms with E-state index in [1.54, 1.807) is 24.5 Å². The first-order valence-electron chi connectivity index (χ1n) is 8.98. The summed E-state index contributed by atoms with van der Waals surface area (Å²) in [5.74, 6) is -0.369. The molecule has 142 valence electrons. The van der Waals surface area contributed by atoms with Gasteiger partial charge in [-0.05, 0) is 37.1 Å². The highest BCUT2D eigenvalue weighted by atomic mass is 16.5. The zero-order chi connectivity index (χ0) is 19.1. The van der Waals surface area contributed by atoms with Crippen LogP contribution in [-0.4, -0.2) is 46.8 Å². The first-order valence-corrected chi connectivity index (χ1v) is 8.98. The summed E-state index contributed by atoms with van der Waals surface area (Å²) in [6.45, 7) is -0.224. The average Bonchev–Trinajstić information content (AvgIpc) is 2.70. The number of nitrogens with zero attached hydrogens (tertiary/aromatic N) is 1. The number of carbonyl (C=O) groups is 2. The number of hydrogen-bond acceptors (Lipinski definition) is 5. The summed E-state index contributed by atoms with van der Waals surface area (Å²) in [5, 5.41) is 15.4. The summed E-state index contributed by atoms with van der Waals surface area (Å²) in [7, 11) is 0. The van der Waals surface area contributed by atoms with Crippen LogP contribution < -0.4 is 10.6 Å². The second kappa shape index (κ2) is 9.25. The standard InChI is InChI=1S/C20H23N3O4/c24-13-18-17(23-20(26)14-8-10-21-11-9-14)7-6-16(27-18)12-19(25)22-15-4-2-1-3-5-15/h1-5,8-11,16-18,24H,6-7,12-13H2,(H,22,25)(H,23,26)/t16-,17-,18+/m1/s1. The van der Waals surface area contributed by atoms with Gasteiger partial charge in [0.25, 0.3) is 5.91 Å². The lowest BCUT2D eigenvalue weighted by molar-refractivity contribution is -0.126. The Labute approximate surface area is 157 Å². The van der Waals surface area contributed by atoms with Crippen LogP contribution in [0.5, 0.6) is 0 Å². The van der Waals surface area contributed by atoms with Crippen LogP contribution in [0.15, 0.2) is 54.9 Å². The molecule has 2 amide bonds. The van der Waals surface area contributed by atoms with Crippen LogP contribution in [0, 0.1) is 0 Å². The van der Waals surface area contributed by atoms with Crippen molar-refractivity contribution >= 4 is 17.5 Å². The molecule has 3 N–H and O–H groups in total. The number of aromatic nitrogens is 1. The summed E-state index contributed by atoms with van der Waals surface area (Å²) in [4.78, 5) is 28.4. The molecule has 0 saturated carbocycles. The van der Waals surface area contributed by atoms with Gasteiger partial charge >= 0.3 is 0 Å². The van der Waals surface area contributed by atoms with E-state index >= 15 is 0 Å². The van der Waals surface area contributed by atoms with Gasteiger partial charge in [-0.1, -0.05) is 18.2 Å². The molecule has 3 rings (SSSR count). The Hall–Kier alpha value is -2.77. The molecule has 1 aliphatic rings.